The molecule has 1 aromatic rings. The Bertz CT molecular complexity index is 1780. The largest absolute Gasteiger partial charge is 0.472 e. The van der Waals surface area contributed by atoms with Gasteiger partial charge < -0.3 is 42.3 Å². The maximum atomic E-state index is 13.8. The summed E-state index contributed by atoms with van der Waals surface area (Å²) in [6.45, 7) is 9.29. The molecule has 0 N–H and O–H groups in total. The maximum Gasteiger partial charge on any atom is 0.331 e. The third-order valence-corrected chi connectivity index (χ3v) is 13.4. The molecule has 4 aliphatic carbocycles. The lowest BCUT2D eigenvalue weighted by Gasteiger charge is -2.76. The van der Waals surface area contributed by atoms with Crippen LogP contribution in [0.15, 0.2) is 34.7 Å². The molecule has 7 fully saturated rings. The summed E-state index contributed by atoms with van der Waals surface area (Å²) in [5, 5.41) is 0. The molecule has 4 saturated carbocycles. The average molecular weight is 683 g/mol. The fourth-order valence-corrected chi connectivity index (χ4v) is 12.5. The molecule has 262 valence electrons. The molecule has 0 unspecified atom stereocenters. The molecule has 0 aromatic carbocycles. The number of furan rings is 1. The zero-order valence-electron chi connectivity index (χ0n) is 28.1. The number of hydrogen-bond acceptors (Lipinski definition) is 14. The minimum absolute atomic E-state index is 0.0708. The minimum atomic E-state index is -2.05. The van der Waals surface area contributed by atoms with Crippen molar-refractivity contribution in [2.75, 3.05) is 6.61 Å². The Balaban J connectivity index is 1.44. The highest BCUT2D eigenvalue weighted by atomic mass is 16.9. The van der Waals surface area contributed by atoms with Crippen LogP contribution in [-0.4, -0.2) is 77.0 Å². The Hall–Kier alpha value is -3.75. The van der Waals surface area contributed by atoms with Crippen LogP contribution in [-0.2, 0) is 61.9 Å². The third kappa shape index (κ3) is 3.04. The lowest BCUT2D eigenvalue weighted by atomic mass is 9.34. The molecule has 8 aliphatic rings. The van der Waals surface area contributed by atoms with Crippen LogP contribution in [0.1, 0.15) is 85.3 Å². The summed E-state index contributed by atoms with van der Waals surface area (Å²) in [5.41, 5.74) is -9.47. The second kappa shape index (κ2) is 8.93. The lowest BCUT2D eigenvalue weighted by molar-refractivity contribution is -0.482. The van der Waals surface area contributed by atoms with Gasteiger partial charge in [-0.15, -0.1) is 0 Å². The zero-order chi connectivity index (χ0) is 34.8. The van der Waals surface area contributed by atoms with E-state index in [9.17, 15) is 24.0 Å². The molecule has 4 aliphatic heterocycles. The topological polar surface area (TPSA) is 172 Å². The number of ether oxygens (including phenoxy) is 8. The van der Waals surface area contributed by atoms with Crippen molar-refractivity contribution in [1.82, 2.24) is 0 Å². The van der Waals surface area contributed by atoms with Gasteiger partial charge in [-0.2, -0.15) is 0 Å². The highest BCUT2D eigenvalue weighted by molar-refractivity contribution is 5.86. The number of carbonyl (C=O) groups excluding carboxylic acids is 5. The molecule has 0 radical (unpaired) electrons. The smallest absolute Gasteiger partial charge is 0.331 e. The fraction of sp³-hybridized carbons (Fsp3) is 0.686. The number of cyclic esters (lactones) is 2. The van der Waals surface area contributed by atoms with Gasteiger partial charge in [0.15, 0.2) is 17.8 Å². The molecule has 3 saturated heterocycles. The Labute approximate surface area is 281 Å². The van der Waals surface area contributed by atoms with Gasteiger partial charge in [-0.05, 0) is 36.8 Å². The number of fused-ring (bicyclic) bond motifs is 4. The molecule has 4 bridgehead atoms. The first-order chi connectivity index (χ1) is 23.0. The van der Waals surface area contributed by atoms with E-state index in [4.69, 9.17) is 42.3 Å². The Morgan fingerprint density at radius 1 is 0.959 bits per heavy atom. The fourth-order valence-electron chi connectivity index (χ4n) is 12.5. The van der Waals surface area contributed by atoms with Crippen molar-refractivity contribution in [3.8, 4) is 0 Å². The van der Waals surface area contributed by atoms with Crippen LogP contribution in [0.25, 0.3) is 0 Å². The first kappa shape index (κ1) is 31.2. The van der Waals surface area contributed by atoms with Crippen molar-refractivity contribution in [3.05, 3.63) is 35.8 Å². The van der Waals surface area contributed by atoms with E-state index in [-0.39, 0.29) is 32.3 Å². The molecule has 9 rings (SSSR count). The van der Waals surface area contributed by atoms with Crippen molar-refractivity contribution < 1.29 is 66.3 Å². The summed E-state index contributed by atoms with van der Waals surface area (Å²) in [4.78, 5) is 67.3. The molecule has 14 nitrogen and oxygen atoms in total. The monoisotopic (exact) mass is 682 g/mol. The molecule has 49 heavy (non-hydrogen) atoms. The molecule has 3 spiro atoms. The second-order valence-electron chi connectivity index (χ2n) is 15.6. The van der Waals surface area contributed by atoms with Crippen molar-refractivity contribution >= 4 is 29.8 Å². The van der Waals surface area contributed by atoms with Gasteiger partial charge in [-0.25, -0.2) is 4.79 Å². The summed E-state index contributed by atoms with van der Waals surface area (Å²) in [7, 11) is 0. The SMILES string of the molecule is CCC(=O)O[C@@H]1[C@@]2(OC(C)=O)[C@@H](OC(C)=O)[C@]3(C)C[C@]24O[C@@]2(C)O[C@@]5(CC[C@]6(C)C(=CC(=O)O[C@H]6c6ccoc6)[C@@]15O2)[C@@]41COC(=O)C[C@@H]31. The van der Waals surface area contributed by atoms with E-state index in [1.165, 1.54) is 32.4 Å². The van der Waals surface area contributed by atoms with E-state index >= 15 is 0 Å². The third-order valence-electron chi connectivity index (χ3n) is 13.4. The molecule has 1 aromatic heterocycles. The molecule has 12 atom stereocenters. The summed E-state index contributed by atoms with van der Waals surface area (Å²) in [6.07, 6.45) is 1.24. The van der Waals surface area contributed by atoms with E-state index < -0.39 is 98.7 Å². The van der Waals surface area contributed by atoms with Gasteiger partial charge in [-0.1, -0.05) is 20.8 Å². The number of rotatable bonds is 5. The first-order valence-electron chi connectivity index (χ1n) is 16.8. The van der Waals surface area contributed by atoms with Gasteiger partial charge >= 0.3 is 29.8 Å². The van der Waals surface area contributed by atoms with Crippen LogP contribution >= 0.6 is 0 Å². The molecular formula is C35H38O14. The van der Waals surface area contributed by atoms with Crippen LogP contribution in [0.3, 0.4) is 0 Å². The van der Waals surface area contributed by atoms with E-state index in [0.29, 0.717) is 17.6 Å². The Morgan fingerprint density at radius 3 is 2.39 bits per heavy atom. The van der Waals surface area contributed by atoms with Crippen molar-refractivity contribution in [3.63, 3.8) is 0 Å². The minimum Gasteiger partial charge on any atom is -0.472 e. The van der Waals surface area contributed by atoms with Gasteiger partial charge in [-0.3, -0.25) is 19.2 Å². The molecule has 5 heterocycles. The van der Waals surface area contributed by atoms with Crippen molar-refractivity contribution in [2.24, 2.45) is 22.2 Å². The zero-order valence-corrected chi connectivity index (χ0v) is 28.1. The number of hydrogen-bond donors (Lipinski definition) is 0. The Morgan fingerprint density at radius 2 is 1.71 bits per heavy atom. The summed E-state index contributed by atoms with van der Waals surface area (Å²) >= 11 is 0. The summed E-state index contributed by atoms with van der Waals surface area (Å²) < 4.78 is 58.1. The van der Waals surface area contributed by atoms with Gasteiger partial charge in [0.1, 0.15) is 23.9 Å². The summed E-state index contributed by atoms with van der Waals surface area (Å²) in [6, 6.07) is 1.71. The van der Waals surface area contributed by atoms with E-state index in [1.54, 1.807) is 19.9 Å². The first-order valence-corrected chi connectivity index (χ1v) is 16.8. The number of carbonyl (C=O) groups is 5. The van der Waals surface area contributed by atoms with Crippen molar-refractivity contribution in [1.29, 1.82) is 0 Å². The van der Waals surface area contributed by atoms with Crippen LogP contribution in [0.2, 0.25) is 0 Å². The Kier molecular flexibility index (Phi) is 5.70. The molecular weight excluding hydrogens is 644 g/mol. The summed E-state index contributed by atoms with van der Waals surface area (Å²) in [5.74, 6) is -5.69. The van der Waals surface area contributed by atoms with Crippen LogP contribution in [0.4, 0.5) is 0 Å². The van der Waals surface area contributed by atoms with Crippen molar-refractivity contribution in [2.45, 2.75) is 120 Å². The lowest BCUT2D eigenvalue weighted by Crippen LogP contribution is -2.94. The predicted molar refractivity (Wildman–Crippen MR) is 157 cm³/mol. The highest BCUT2D eigenvalue weighted by Gasteiger charge is 3.06. The van der Waals surface area contributed by atoms with E-state index in [0.717, 1.165) is 0 Å². The second-order valence-corrected chi connectivity index (χ2v) is 15.6. The highest BCUT2D eigenvalue weighted by Crippen LogP contribution is 2.90. The van der Waals surface area contributed by atoms with E-state index in [2.05, 4.69) is 0 Å². The quantitative estimate of drug-likeness (QED) is 0.328. The average Bonchev–Trinajstić information content (AvgIpc) is 3.73. The molecule has 14 heteroatoms. The van der Waals surface area contributed by atoms with Gasteiger partial charge in [0.2, 0.25) is 5.60 Å². The predicted octanol–water partition coefficient (Wildman–Crippen LogP) is 3.11. The number of esters is 5. The normalized spacial score (nSPS) is 50.7. The van der Waals surface area contributed by atoms with Gasteiger partial charge in [0.05, 0.1) is 17.9 Å². The molecule has 0 amide bonds. The van der Waals surface area contributed by atoms with Crippen LogP contribution in [0.5, 0.6) is 0 Å². The van der Waals surface area contributed by atoms with Crippen LogP contribution in [0, 0.1) is 22.2 Å². The van der Waals surface area contributed by atoms with Gasteiger partial charge in [0.25, 0.3) is 5.97 Å². The maximum absolute atomic E-state index is 13.8. The standard InChI is InChI=1S/C35H38O14/c1-7-22(38)45-27-34-21-13-24(40)44-25(19-8-11-41-14-19)28(21,4)9-10-32(34)31-16-42-23(39)12-20(31)29(5)15-33(31,48-30(6,47-32)49-34)35(27,46-18(3)37)26(29)43-17(2)36/h8,11,13-14,20,25-27H,7,9-10,12,15-16H2,1-6H3/t20-,25-,26-,27-,28+,29+,30+,31-,32-,33+,34+,35-/m0/s1. The van der Waals surface area contributed by atoms with Crippen LogP contribution < -0.4 is 0 Å². The van der Waals surface area contributed by atoms with Gasteiger partial charge in [0, 0.05) is 56.1 Å². The van der Waals surface area contributed by atoms with E-state index in [1.807, 2.05) is 13.8 Å².